The van der Waals surface area contributed by atoms with E-state index in [1.807, 2.05) is 0 Å². The summed E-state index contributed by atoms with van der Waals surface area (Å²) in [5.74, 6) is 0. The highest BCUT2D eigenvalue weighted by atomic mass is 16.6. The van der Waals surface area contributed by atoms with E-state index in [1.165, 1.54) is 12.4 Å². The third-order valence-electron chi connectivity index (χ3n) is 2.10. The van der Waals surface area contributed by atoms with Crippen molar-refractivity contribution in [1.82, 2.24) is 9.97 Å². The van der Waals surface area contributed by atoms with Crippen molar-refractivity contribution in [3.8, 4) is 0 Å². The molecule has 4 atom stereocenters. The molecule has 1 aromatic heterocycles. The number of nitrogens with zero attached hydrogens (tertiary/aromatic N) is 1. The molecule has 96 valence electrons. The Morgan fingerprint density at radius 3 is 2.29 bits per heavy atom. The normalized spacial score (nSPS) is 31.8. The van der Waals surface area contributed by atoms with Crippen LogP contribution < -0.4 is 5.69 Å². The van der Waals surface area contributed by atoms with Gasteiger partial charge in [0.25, 0.3) is 0 Å². The van der Waals surface area contributed by atoms with Gasteiger partial charge in [0, 0.05) is 12.4 Å². The fraction of sp³-hybridized carbons (Fsp3) is 0.556. The van der Waals surface area contributed by atoms with E-state index in [2.05, 4.69) is 14.7 Å². The molecule has 0 radical (unpaired) electrons. The molecule has 0 aromatic carbocycles. The number of aromatic nitrogens is 2. The monoisotopic (exact) mass is 246 g/mol. The van der Waals surface area contributed by atoms with Crippen LogP contribution in [0, 0.1) is 0 Å². The fourth-order valence-corrected chi connectivity index (χ4v) is 1.19. The molecule has 8 heteroatoms. The summed E-state index contributed by atoms with van der Waals surface area (Å²) in [5, 5.41) is 35.0. The highest BCUT2D eigenvalue weighted by molar-refractivity contribution is 4.84. The molecule has 1 aromatic rings. The first-order valence-electron chi connectivity index (χ1n) is 4.86. The maximum Gasteiger partial charge on any atom is 0.344 e. The number of hydrogen-bond acceptors (Lipinski definition) is 7. The van der Waals surface area contributed by atoms with Gasteiger partial charge >= 0.3 is 5.69 Å². The lowest BCUT2D eigenvalue weighted by atomic mass is 10.1. The van der Waals surface area contributed by atoms with Crippen molar-refractivity contribution >= 4 is 0 Å². The number of rotatable bonds is 1. The number of aromatic amines is 1. The van der Waals surface area contributed by atoms with Crippen molar-refractivity contribution in [1.29, 1.82) is 0 Å². The van der Waals surface area contributed by atoms with Crippen LogP contribution >= 0.6 is 0 Å². The number of hydrogen-bond donors (Lipinski definition) is 5. The minimum Gasteiger partial charge on any atom is -0.394 e. The third kappa shape index (κ3) is 3.88. The summed E-state index contributed by atoms with van der Waals surface area (Å²) in [6.45, 7) is -0.407. The first-order chi connectivity index (χ1) is 8.06. The second-order valence-electron chi connectivity index (χ2n) is 3.32. The summed E-state index contributed by atoms with van der Waals surface area (Å²) in [6, 6.07) is 1.65. The van der Waals surface area contributed by atoms with Gasteiger partial charge in [-0.05, 0) is 6.07 Å². The Labute approximate surface area is 96.1 Å². The van der Waals surface area contributed by atoms with Gasteiger partial charge in [-0.2, -0.15) is 0 Å². The molecule has 2 heterocycles. The Morgan fingerprint density at radius 2 is 2.06 bits per heavy atom. The first-order valence-corrected chi connectivity index (χ1v) is 4.86. The lowest BCUT2D eigenvalue weighted by molar-refractivity contribution is -0.132. The smallest absolute Gasteiger partial charge is 0.344 e. The summed E-state index contributed by atoms with van der Waals surface area (Å²) in [5.41, 5.74) is -0.303. The average Bonchev–Trinajstić information content (AvgIpc) is 2.58. The predicted octanol–water partition coefficient (Wildman–Crippen LogP) is -2.81. The lowest BCUT2D eigenvalue weighted by Gasteiger charge is -2.09. The van der Waals surface area contributed by atoms with E-state index in [0.717, 1.165) is 0 Å². The molecule has 0 bridgehead atoms. The fourth-order valence-electron chi connectivity index (χ4n) is 1.19. The predicted molar refractivity (Wildman–Crippen MR) is 54.8 cm³/mol. The number of nitrogens with one attached hydrogen (secondary N) is 1. The first kappa shape index (κ1) is 13.7. The van der Waals surface area contributed by atoms with Crippen LogP contribution in [0.2, 0.25) is 0 Å². The molecular formula is C9H14N2O6. The van der Waals surface area contributed by atoms with Crippen LogP contribution in [0.5, 0.6) is 0 Å². The van der Waals surface area contributed by atoms with E-state index in [1.54, 1.807) is 6.07 Å². The minimum absolute atomic E-state index is 0.303. The van der Waals surface area contributed by atoms with E-state index >= 15 is 0 Å². The second-order valence-corrected chi connectivity index (χ2v) is 3.32. The van der Waals surface area contributed by atoms with Gasteiger partial charge in [0.2, 0.25) is 0 Å². The largest absolute Gasteiger partial charge is 0.394 e. The molecule has 0 unspecified atom stereocenters. The molecule has 1 aliphatic rings. The molecule has 1 fully saturated rings. The van der Waals surface area contributed by atoms with Gasteiger partial charge in [0.15, 0.2) is 6.29 Å². The molecular weight excluding hydrogens is 232 g/mol. The maximum atomic E-state index is 10.1. The topological polar surface area (TPSA) is 136 Å². The number of ether oxygens (including phenoxy) is 1. The van der Waals surface area contributed by atoms with Gasteiger partial charge in [0.1, 0.15) is 18.3 Å². The number of aliphatic hydroxyl groups excluding tert-OH is 4. The van der Waals surface area contributed by atoms with Gasteiger partial charge in [0.05, 0.1) is 6.61 Å². The van der Waals surface area contributed by atoms with Crippen molar-refractivity contribution < 1.29 is 25.2 Å². The van der Waals surface area contributed by atoms with Crippen LogP contribution in [0.3, 0.4) is 0 Å². The molecule has 2 rings (SSSR count). The molecule has 0 spiro atoms. The minimum atomic E-state index is -1.38. The SMILES string of the molecule is O=c1nccc[nH]1.OC[C@H]1O[C@@H](O)[C@H](O)[C@@H]1O. The summed E-state index contributed by atoms with van der Waals surface area (Å²) in [6.07, 6.45) is -1.77. The molecule has 5 N–H and O–H groups in total. The van der Waals surface area contributed by atoms with E-state index in [4.69, 9.17) is 20.4 Å². The van der Waals surface area contributed by atoms with Gasteiger partial charge in [-0.1, -0.05) is 0 Å². The Hall–Kier alpha value is -1.32. The third-order valence-corrected chi connectivity index (χ3v) is 2.10. The van der Waals surface area contributed by atoms with E-state index < -0.39 is 31.2 Å². The van der Waals surface area contributed by atoms with Gasteiger partial charge in [-0.15, -0.1) is 0 Å². The standard InChI is InChI=1S/C5H10O5.C4H4N2O/c6-1-2-3(7)4(8)5(9)10-2;7-4-5-2-1-3-6-4/h2-9H,1H2;1-3H,(H,5,6,7)/t2-,3-,4-,5-;/m1./s1. The van der Waals surface area contributed by atoms with Crippen molar-refractivity contribution in [3.05, 3.63) is 28.9 Å². The van der Waals surface area contributed by atoms with E-state index in [-0.39, 0.29) is 5.69 Å². The quantitative estimate of drug-likeness (QED) is 0.360. The highest BCUT2D eigenvalue weighted by Gasteiger charge is 2.41. The van der Waals surface area contributed by atoms with Crippen LogP contribution in [0.15, 0.2) is 23.3 Å². The van der Waals surface area contributed by atoms with Crippen molar-refractivity contribution in [2.75, 3.05) is 6.61 Å². The zero-order valence-electron chi connectivity index (χ0n) is 8.80. The molecule has 0 aliphatic carbocycles. The van der Waals surface area contributed by atoms with Crippen LogP contribution in [-0.4, -0.2) is 61.6 Å². The van der Waals surface area contributed by atoms with E-state index in [0.29, 0.717) is 0 Å². The van der Waals surface area contributed by atoms with E-state index in [9.17, 15) is 4.79 Å². The van der Waals surface area contributed by atoms with Gasteiger partial charge < -0.3 is 30.1 Å². The summed E-state index contributed by atoms with van der Waals surface area (Å²) in [4.78, 5) is 15.8. The molecule has 1 saturated heterocycles. The van der Waals surface area contributed by atoms with Crippen molar-refractivity contribution in [2.24, 2.45) is 0 Å². The van der Waals surface area contributed by atoms with Gasteiger partial charge in [-0.25, -0.2) is 9.78 Å². The summed E-state index contributed by atoms with van der Waals surface area (Å²) < 4.78 is 4.54. The highest BCUT2D eigenvalue weighted by Crippen LogP contribution is 2.18. The second kappa shape index (κ2) is 6.42. The van der Waals surface area contributed by atoms with Crippen LogP contribution in [0.25, 0.3) is 0 Å². The Kier molecular flexibility index (Phi) is 5.19. The number of aliphatic hydroxyl groups is 4. The van der Waals surface area contributed by atoms with Crippen LogP contribution in [-0.2, 0) is 4.74 Å². The Morgan fingerprint density at radius 1 is 1.35 bits per heavy atom. The zero-order chi connectivity index (χ0) is 12.8. The zero-order valence-corrected chi connectivity index (χ0v) is 8.80. The molecule has 8 nitrogen and oxygen atoms in total. The van der Waals surface area contributed by atoms with Crippen LogP contribution in [0.1, 0.15) is 0 Å². The van der Waals surface area contributed by atoms with Gasteiger partial charge in [-0.3, -0.25) is 0 Å². The number of H-pyrrole nitrogens is 1. The Balaban J connectivity index is 0.000000181. The summed E-state index contributed by atoms with van der Waals surface area (Å²) >= 11 is 0. The molecule has 0 amide bonds. The van der Waals surface area contributed by atoms with Crippen molar-refractivity contribution in [2.45, 2.75) is 24.6 Å². The summed E-state index contributed by atoms with van der Waals surface area (Å²) in [7, 11) is 0. The lowest BCUT2D eigenvalue weighted by Crippen LogP contribution is -2.33. The van der Waals surface area contributed by atoms with Crippen LogP contribution in [0.4, 0.5) is 0 Å². The maximum absolute atomic E-state index is 10.1. The Bertz CT molecular complexity index is 366. The molecule has 1 aliphatic heterocycles. The molecule has 0 saturated carbocycles. The molecule has 17 heavy (non-hydrogen) atoms. The van der Waals surface area contributed by atoms with Crippen molar-refractivity contribution in [3.63, 3.8) is 0 Å². The average molecular weight is 246 g/mol.